The van der Waals surface area contributed by atoms with Crippen molar-refractivity contribution < 1.29 is 31.8 Å². The topological polar surface area (TPSA) is 118 Å². The summed E-state index contributed by atoms with van der Waals surface area (Å²) < 4.78 is 66.5. The summed E-state index contributed by atoms with van der Waals surface area (Å²) in [7, 11) is 1.45. The number of methoxy groups -OCH3 is 1. The van der Waals surface area contributed by atoms with E-state index in [0.717, 1.165) is 18.9 Å². The highest BCUT2D eigenvalue weighted by molar-refractivity contribution is 5.69. The highest BCUT2D eigenvalue weighted by atomic mass is 19.4. The van der Waals surface area contributed by atoms with Crippen LogP contribution in [0.5, 0.6) is 0 Å². The number of H-pyrrole nitrogens is 1. The molecular formula is C22H25F4N7O3. The van der Waals surface area contributed by atoms with E-state index in [9.17, 15) is 22.4 Å². The normalized spacial score (nSPS) is 23.1. The number of alkyl halides is 4. The van der Waals surface area contributed by atoms with Gasteiger partial charge in [0.25, 0.3) is 0 Å². The molecule has 14 heteroatoms. The van der Waals surface area contributed by atoms with E-state index in [-0.39, 0.29) is 48.3 Å². The number of carbonyl (C=O) groups is 1. The summed E-state index contributed by atoms with van der Waals surface area (Å²) in [5.74, 6) is -0.262. The summed E-state index contributed by atoms with van der Waals surface area (Å²) in [6, 6.07) is 2.42. The summed E-state index contributed by atoms with van der Waals surface area (Å²) in [6.07, 6.45) is -3.96. The zero-order valence-corrected chi connectivity index (χ0v) is 19.5. The molecule has 0 aliphatic heterocycles. The Morgan fingerprint density at radius 1 is 1.28 bits per heavy atom. The summed E-state index contributed by atoms with van der Waals surface area (Å²) in [5, 5.41) is 12.4. The third kappa shape index (κ3) is 5.08. The number of hydrogen-bond donors (Lipinski definition) is 3. The molecule has 2 aliphatic rings. The Labute approximate surface area is 202 Å². The second-order valence-corrected chi connectivity index (χ2v) is 9.50. The maximum atomic E-state index is 14.6. The number of hydrogen-bond acceptors (Lipinski definition) is 7. The number of anilines is 2. The smallest absolute Gasteiger partial charge is 0.433 e. The SMILES string of the molecule is COCc1cn2c(Nc3cc([C@H]4C[C@@H](F)[C@@H](OC(=O)NC5(C)CC5)C4)[nH]n3)nc(C(F)(F)F)cc2n1. The Bertz CT molecular complexity index is 1270. The third-order valence-corrected chi connectivity index (χ3v) is 6.46. The van der Waals surface area contributed by atoms with E-state index >= 15 is 0 Å². The Hall–Kier alpha value is -3.42. The van der Waals surface area contributed by atoms with Gasteiger partial charge in [-0.15, -0.1) is 0 Å². The monoisotopic (exact) mass is 511 g/mol. The number of aromatic nitrogens is 5. The van der Waals surface area contributed by atoms with Crippen LogP contribution in [0.4, 0.5) is 34.1 Å². The lowest BCUT2D eigenvalue weighted by atomic mass is 10.0. The first-order valence-corrected chi connectivity index (χ1v) is 11.4. The fourth-order valence-corrected chi connectivity index (χ4v) is 4.26. The standard InChI is InChI=1S/C22H25F4N7O3/c1-21(3-4-21)30-20(34)36-15-6-11(5-13(15)23)14-7-17(32-31-14)29-19-28-16(22(24,25)26)8-18-27-12(10-35-2)9-33(18)19/h7-9,11,13,15H,3-6,10H2,1-2H3,(H,30,34)(H2,28,29,31,32)/t11-,13+,15-/m0/s1. The van der Waals surface area contributed by atoms with E-state index in [0.29, 0.717) is 11.4 Å². The number of amides is 1. The summed E-state index contributed by atoms with van der Waals surface area (Å²) in [4.78, 5) is 19.9. The molecule has 0 spiro atoms. The molecule has 0 aromatic carbocycles. The number of rotatable bonds is 7. The lowest BCUT2D eigenvalue weighted by molar-refractivity contribution is -0.141. The van der Waals surface area contributed by atoms with Crippen LogP contribution in [0.25, 0.3) is 5.65 Å². The Morgan fingerprint density at radius 2 is 2.06 bits per heavy atom. The molecule has 2 aliphatic carbocycles. The summed E-state index contributed by atoms with van der Waals surface area (Å²) >= 11 is 0. The van der Waals surface area contributed by atoms with E-state index in [2.05, 4.69) is 30.8 Å². The van der Waals surface area contributed by atoms with Gasteiger partial charge in [0, 0.05) is 42.6 Å². The number of halogens is 4. The average molecular weight is 511 g/mol. The molecule has 1 amide bonds. The molecule has 10 nitrogen and oxygen atoms in total. The van der Waals surface area contributed by atoms with Gasteiger partial charge in [0.2, 0.25) is 5.95 Å². The van der Waals surface area contributed by atoms with Crippen LogP contribution in [0.1, 0.15) is 55.6 Å². The first-order valence-electron chi connectivity index (χ1n) is 11.4. The minimum absolute atomic E-state index is 0.0389. The maximum Gasteiger partial charge on any atom is 0.433 e. The molecule has 3 atom stereocenters. The molecule has 3 heterocycles. The van der Waals surface area contributed by atoms with Crippen LogP contribution < -0.4 is 10.6 Å². The number of nitrogens with zero attached hydrogens (tertiary/aromatic N) is 4. The Kier molecular flexibility index (Phi) is 6.01. The van der Waals surface area contributed by atoms with Crippen LogP contribution in [0.2, 0.25) is 0 Å². The molecule has 0 saturated heterocycles. The Morgan fingerprint density at radius 3 is 2.75 bits per heavy atom. The molecule has 0 radical (unpaired) electrons. The number of alkyl carbamates (subject to hydrolysis) is 1. The van der Waals surface area contributed by atoms with Crippen LogP contribution in [0.15, 0.2) is 18.3 Å². The quantitative estimate of drug-likeness (QED) is 0.407. The number of fused-ring (bicyclic) bond motifs is 1. The lowest BCUT2D eigenvalue weighted by Gasteiger charge is -2.17. The van der Waals surface area contributed by atoms with Crippen LogP contribution in [0.3, 0.4) is 0 Å². The van der Waals surface area contributed by atoms with Gasteiger partial charge in [-0.3, -0.25) is 9.50 Å². The number of aromatic amines is 1. The van der Waals surface area contributed by atoms with Crippen LogP contribution in [0, 0.1) is 0 Å². The van der Waals surface area contributed by atoms with Gasteiger partial charge in [-0.2, -0.15) is 18.3 Å². The molecular weight excluding hydrogens is 486 g/mol. The fraction of sp³-hybridized carbons (Fsp3) is 0.545. The van der Waals surface area contributed by atoms with E-state index in [4.69, 9.17) is 9.47 Å². The van der Waals surface area contributed by atoms with E-state index in [1.165, 1.54) is 17.7 Å². The van der Waals surface area contributed by atoms with Gasteiger partial charge in [-0.25, -0.2) is 19.2 Å². The van der Waals surface area contributed by atoms with Crippen molar-refractivity contribution in [2.45, 2.75) is 69.1 Å². The van der Waals surface area contributed by atoms with Crippen molar-refractivity contribution in [1.29, 1.82) is 0 Å². The van der Waals surface area contributed by atoms with Crippen LogP contribution >= 0.6 is 0 Å². The van der Waals surface area contributed by atoms with Gasteiger partial charge in [-0.05, 0) is 32.6 Å². The van der Waals surface area contributed by atoms with Crippen LogP contribution in [-0.4, -0.2) is 55.6 Å². The van der Waals surface area contributed by atoms with Gasteiger partial charge in [0.1, 0.15) is 17.9 Å². The van der Waals surface area contributed by atoms with Crippen molar-refractivity contribution in [3.05, 3.63) is 35.4 Å². The lowest BCUT2D eigenvalue weighted by Crippen LogP contribution is -2.38. The zero-order valence-electron chi connectivity index (χ0n) is 19.5. The third-order valence-electron chi connectivity index (χ3n) is 6.46. The molecule has 194 valence electrons. The summed E-state index contributed by atoms with van der Waals surface area (Å²) in [6.45, 7) is 2.01. The summed E-state index contributed by atoms with van der Waals surface area (Å²) in [5.41, 5.74) is -0.355. The molecule has 0 unspecified atom stereocenters. The number of carbonyl (C=O) groups excluding carboxylic acids is 1. The average Bonchev–Trinajstić information content (AvgIpc) is 3.14. The predicted molar refractivity (Wildman–Crippen MR) is 118 cm³/mol. The fourth-order valence-electron chi connectivity index (χ4n) is 4.26. The molecule has 3 aromatic heterocycles. The van der Waals surface area contributed by atoms with E-state index in [1.54, 1.807) is 6.07 Å². The molecule has 5 rings (SSSR count). The second-order valence-electron chi connectivity index (χ2n) is 9.50. The maximum absolute atomic E-state index is 14.6. The minimum Gasteiger partial charge on any atom is -0.443 e. The minimum atomic E-state index is -4.68. The number of ether oxygens (including phenoxy) is 2. The molecule has 0 bridgehead atoms. The van der Waals surface area contributed by atoms with E-state index in [1.807, 2.05) is 6.92 Å². The molecule has 3 aromatic rings. The van der Waals surface area contributed by atoms with Crippen molar-refractivity contribution in [3.8, 4) is 0 Å². The number of imidazole rings is 1. The van der Waals surface area contributed by atoms with Gasteiger partial charge in [-0.1, -0.05) is 0 Å². The van der Waals surface area contributed by atoms with E-state index < -0.39 is 30.2 Å². The molecule has 36 heavy (non-hydrogen) atoms. The van der Waals surface area contributed by atoms with Crippen molar-refractivity contribution in [2.24, 2.45) is 0 Å². The largest absolute Gasteiger partial charge is 0.443 e. The first kappa shape index (κ1) is 24.3. The highest BCUT2D eigenvalue weighted by Gasteiger charge is 2.42. The highest BCUT2D eigenvalue weighted by Crippen LogP contribution is 2.39. The zero-order chi connectivity index (χ0) is 25.7. The predicted octanol–water partition coefficient (Wildman–Crippen LogP) is 4.22. The van der Waals surface area contributed by atoms with Crippen molar-refractivity contribution in [1.82, 2.24) is 29.9 Å². The van der Waals surface area contributed by atoms with Gasteiger partial charge in [0.15, 0.2) is 11.5 Å². The van der Waals surface area contributed by atoms with Crippen molar-refractivity contribution in [2.75, 3.05) is 12.4 Å². The second kappa shape index (κ2) is 8.91. The first-order chi connectivity index (χ1) is 17.0. The number of nitrogens with one attached hydrogen (secondary N) is 3. The van der Waals surface area contributed by atoms with Crippen molar-refractivity contribution >= 4 is 23.5 Å². The van der Waals surface area contributed by atoms with Gasteiger partial charge >= 0.3 is 12.3 Å². The van der Waals surface area contributed by atoms with Gasteiger partial charge < -0.3 is 20.1 Å². The van der Waals surface area contributed by atoms with Crippen LogP contribution in [-0.2, 0) is 22.3 Å². The molecule has 2 fully saturated rings. The van der Waals surface area contributed by atoms with Crippen molar-refractivity contribution in [3.63, 3.8) is 0 Å². The Balaban J connectivity index is 1.31. The molecule has 2 saturated carbocycles. The van der Waals surface area contributed by atoms with Gasteiger partial charge in [0.05, 0.1) is 12.3 Å². The molecule has 3 N–H and O–H groups in total.